The average molecular weight is 401 g/mol. The van der Waals surface area contributed by atoms with E-state index in [-0.39, 0.29) is 11.8 Å². The monoisotopic (exact) mass is 401 g/mol. The molecule has 28 heavy (non-hydrogen) atoms. The molecule has 0 heterocycles. The normalized spacial score (nSPS) is 11.4. The summed E-state index contributed by atoms with van der Waals surface area (Å²) in [5.41, 5.74) is 6.52. The van der Waals surface area contributed by atoms with E-state index in [1.165, 1.54) is 12.1 Å². The van der Waals surface area contributed by atoms with Crippen molar-refractivity contribution in [2.45, 2.75) is 12.5 Å². The zero-order valence-corrected chi connectivity index (χ0v) is 16.5. The Hall–Kier alpha value is -3.00. The maximum absolute atomic E-state index is 12.7. The number of amides is 3. The molecule has 2 aromatic carbocycles. The van der Waals surface area contributed by atoms with Gasteiger partial charge in [0.15, 0.2) is 0 Å². The van der Waals surface area contributed by atoms with Gasteiger partial charge in [-0.05, 0) is 67.0 Å². The van der Waals surface area contributed by atoms with Gasteiger partial charge in [-0.1, -0.05) is 0 Å². The number of ether oxygens (including phenoxy) is 1. The smallest absolute Gasteiger partial charge is 0.251 e. The summed E-state index contributed by atoms with van der Waals surface area (Å²) in [6.07, 6.45) is 2.41. The number of nitrogens with two attached hydrogens (primary N) is 1. The number of methoxy groups -OCH3 is 1. The summed E-state index contributed by atoms with van der Waals surface area (Å²) in [6.45, 7) is 0. The molecule has 8 heteroatoms. The van der Waals surface area contributed by atoms with E-state index in [0.29, 0.717) is 34.7 Å². The molecule has 0 spiro atoms. The predicted octanol–water partition coefficient (Wildman–Crippen LogP) is 2.28. The molecule has 2 rings (SSSR count). The molecule has 1 atom stereocenters. The molecule has 148 valence electrons. The van der Waals surface area contributed by atoms with Crippen molar-refractivity contribution in [3.63, 3.8) is 0 Å². The fraction of sp³-hybridized carbons (Fsp3) is 0.250. The molecule has 0 saturated heterocycles. The quantitative estimate of drug-likeness (QED) is 0.597. The first-order valence-corrected chi connectivity index (χ1v) is 9.98. The lowest BCUT2D eigenvalue weighted by molar-refractivity contribution is -0.118. The highest BCUT2D eigenvalue weighted by Gasteiger charge is 2.21. The SMILES string of the molecule is COc1ccc(C(=O)N[C@@H](CCSC)C(=O)Nc2ccc(C(N)=O)cc2)cc1. The first-order valence-electron chi connectivity index (χ1n) is 8.59. The Labute approximate surface area is 168 Å². The summed E-state index contributed by atoms with van der Waals surface area (Å²) in [4.78, 5) is 36.3. The molecule has 4 N–H and O–H groups in total. The standard InChI is InChI=1S/C20H23N3O4S/c1-27-16-9-5-14(6-10-16)19(25)23-17(11-12-28-2)20(26)22-15-7-3-13(4-8-15)18(21)24/h3-10,17H,11-12H2,1-2H3,(H2,21,24)(H,22,26)(H,23,25)/t17-/m0/s1. The Morgan fingerprint density at radius 2 is 1.64 bits per heavy atom. The number of rotatable bonds is 9. The summed E-state index contributed by atoms with van der Waals surface area (Å²) in [5, 5.41) is 5.53. The van der Waals surface area contributed by atoms with Crippen LogP contribution >= 0.6 is 11.8 Å². The van der Waals surface area contributed by atoms with E-state index in [1.807, 2.05) is 6.26 Å². The highest BCUT2D eigenvalue weighted by atomic mass is 32.2. The van der Waals surface area contributed by atoms with Crippen LogP contribution in [-0.2, 0) is 4.79 Å². The van der Waals surface area contributed by atoms with Gasteiger partial charge in [0.2, 0.25) is 11.8 Å². The average Bonchev–Trinajstić information content (AvgIpc) is 2.71. The first kappa shape index (κ1) is 21.3. The molecule has 0 aromatic heterocycles. The minimum atomic E-state index is -0.696. The first-order chi connectivity index (χ1) is 13.4. The fourth-order valence-electron chi connectivity index (χ4n) is 2.44. The van der Waals surface area contributed by atoms with Crippen LogP contribution in [0.15, 0.2) is 48.5 Å². The second kappa shape index (κ2) is 10.4. The number of thioether (sulfide) groups is 1. The number of hydrogen-bond acceptors (Lipinski definition) is 5. The van der Waals surface area contributed by atoms with Crippen molar-refractivity contribution in [2.24, 2.45) is 5.73 Å². The second-order valence-electron chi connectivity index (χ2n) is 5.97. The molecular formula is C20H23N3O4S. The number of anilines is 1. The van der Waals surface area contributed by atoms with Crippen molar-refractivity contribution in [3.8, 4) is 5.75 Å². The molecule has 0 unspecified atom stereocenters. The summed E-state index contributed by atoms with van der Waals surface area (Å²) in [5.74, 6) is 0.146. The van der Waals surface area contributed by atoms with Gasteiger partial charge in [-0.2, -0.15) is 11.8 Å². The molecule has 3 amide bonds. The van der Waals surface area contributed by atoms with Gasteiger partial charge in [-0.15, -0.1) is 0 Å². The van der Waals surface area contributed by atoms with Gasteiger partial charge in [-0.3, -0.25) is 14.4 Å². The van der Waals surface area contributed by atoms with E-state index < -0.39 is 11.9 Å². The Kier molecular flexibility index (Phi) is 7.88. The predicted molar refractivity (Wildman–Crippen MR) is 111 cm³/mol. The van der Waals surface area contributed by atoms with Crippen LogP contribution in [0.5, 0.6) is 5.75 Å². The van der Waals surface area contributed by atoms with E-state index in [9.17, 15) is 14.4 Å². The van der Waals surface area contributed by atoms with Crippen molar-refractivity contribution in [2.75, 3.05) is 24.4 Å². The number of hydrogen-bond donors (Lipinski definition) is 3. The largest absolute Gasteiger partial charge is 0.497 e. The maximum atomic E-state index is 12.7. The van der Waals surface area contributed by atoms with Gasteiger partial charge >= 0.3 is 0 Å². The van der Waals surface area contributed by atoms with E-state index in [2.05, 4.69) is 10.6 Å². The molecule has 0 fully saturated rings. The number of carbonyl (C=O) groups excluding carboxylic acids is 3. The van der Waals surface area contributed by atoms with Crippen molar-refractivity contribution in [1.29, 1.82) is 0 Å². The summed E-state index contributed by atoms with van der Waals surface area (Å²) < 4.78 is 5.08. The molecule has 7 nitrogen and oxygen atoms in total. The summed E-state index contributed by atoms with van der Waals surface area (Å²) >= 11 is 1.59. The van der Waals surface area contributed by atoms with Crippen LogP contribution in [0.4, 0.5) is 5.69 Å². The van der Waals surface area contributed by atoms with Gasteiger partial charge in [0.25, 0.3) is 5.91 Å². The van der Waals surface area contributed by atoms with Crippen LogP contribution < -0.4 is 21.1 Å². The lowest BCUT2D eigenvalue weighted by Gasteiger charge is -2.18. The van der Waals surface area contributed by atoms with Gasteiger partial charge in [0, 0.05) is 16.8 Å². The van der Waals surface area contributed by atoms with Gasteiger partial charge < -0.3 is 21.1 Å². The molecule has 2 aromatic rings. The van der Waals surface area contributed by atoms with Crippen LogP contribution in [-0.4, -0.2) is 42.9 Å². The highest BCUT2D eigenvalue weighted by molar-refractivity contribution is 7.98. The van der Waals surface area contributed by atoms with E-state index >= 15 is 0 Å². The van der Waals surface area contributed by atoms with E-state index in [1.54, 1.807) is 55.3 Å². The zero-order chi connectivity index (χ0) is 20.5. The van der Waals surface area contributed by atoms with Crippen molar-refractivity contribution in [1.82, 2.24) is 5.32 Å². The van der Waals surface area contributed by atoms with Crippen LogP contribution in [0.3, 0.4) is 0 Å². The number of carbonyl (C=O) groups is 3. The molecule has 0 radical (unpaired) electrons. The Morgan fingerprint density at radius 1 is 1.04 bits per heavy atom. The van der Waals surface area contributed by atoms with Crippen LogP contribution in [0.2, 0.25) is 0 Å². The molecule has 0 aliphatic carbocycles. The Bertz CT molecular complexity index is 822. The molecular weight excluding hydrogens is 378 g/mol. The third-order valence-electron chi connectivity index (χ3n) is 4.02. The minimum absolute atomic E-state index is 0.331. The Morgan fingerprint density at radius 3 is 2.18 bits per heavy atom. The van der Waals surface area contributed by atoms with Gasteiger partial charge in [-0.25, -0.2) is 0 Å². The number of primary amides is 1. The second-order valence-corrected chi connectivity index (χ2v) is 6.95. The van der Waals surface area contributed by atoms with E-state index in [4.69, 9.17) is 10.5 Å². The fourth-order valence-corrected chi connectivity index (χ4v) is 2.91. The van der Waals surface area contributed by atoms with Crippen molar-refractivity contribution >= 4 is 35.2 Å². The van der Waals surface area contributed by atoms with Gasteiger partial charge in [0.05, 0.1) is 7.11 Å². The highest BCUT2D eigenvalue weighted by Crippen LogP contribution is 2.13. The summed E-state index contributed by atoms with van der Waals surface area (Å²) in [7, 11) is 1.55. The topological polar surface area (TPSA) is 111 Å². The number of benzene rings is 2. The summed E-state index contributed by atoms with van der Waals surface area (Å²) in [6, 6.07) is 12.2. The molecule has 0 saturated carbocycles. The van der Waals surface area contributed by atoms with E-state index in [0.717, 1.165) is 0 Å². The third kappa shape index (κ3) is 6.02. The molecule has 0 aliphatic rings. The van der Waals surface area contributed by atoms with Crippen molar-refractivity contribution in [3.05, 3.63) is 59.7 Å². The molecule has 0 aliphatic heterocycles. The third-order valence-corrected chi connectivity index (χ3v) is 4.67. The lowest BCUT2D eigenvalue weighted by Crippen LogP contribution is -2.44. The maximum Gasteiger partial charge on any atom is 0.251 e. The van der Waals surface area contributed by atoms with Crippen LogP contribution in [0.25, 0.3) is 0 Å². The molecule has 0 bridgehead atoms. The van der Waals surface area contributed by atoms with Crippen LogP contribution in [0, 0.1) is 0 Å². The zero-order valence-electron chi connectivity index (χ0n) is 15.7. The van der Waals surface area contributed by atoms with Gasteiger partial charge in [0.1, 0.15) is 11.8 Å². The Balaban J connectivity index is 2.06. The van der Waals surface area contributed by atoms with Crippen LogP contribution in [0.1, 0.15) is 27.1 Å². The van der Waals surface area contributed by atoms with Crippen molar-refractivity contribution < 1.29 is 19.1 Å². The minimum Gasteiger partial charge on any atom is -0.497 e. The number of nitrogens with one attached hydrogen (secondary N) is 2. The lowest BCUT2D eigenvalue weighted by atomic mass is 10.1.